The monoisotopic (exact) mass is 357 g/mol. The van der Waals surface area contributed by atoms with Gasteiger partial charge in [0, 0.05) is 18.5 Å². The first-order valence-corrected chi connectivity index (χ1v) is 9.27. The van der Waals surface area contributed by atoms with Crippen LogP contribution in [0.4, 0.5) is 4.39 Å². The molecule has 1 atom stereocenters. The summed E-state index contributed by atoms with van der Waals surface area (Å²) in [6.07, 6.45) is 2.77. The fourth-order valence-electron chi connectivity index (χ4n) is 4.20. The minimum absolute atomic E-state index is 0.133. The van der Waals surface area contributed by atoms with Crippen LogP contribution in [0.2, 0.25) is 0 Å². The number of benzene rings is 2. The SMILES string of the molecule is Cc1cc(CN2CCC[C@@](CO)(Cc3ccc(F)cc3)C2)cc(C)c1O. The van der Waals surface area contributed by atoms with Crippen LogP contribution in [0.1, 0.15) is 35.1 Å². The maximum absolute atomic E-state index is 13.2. The Morgan fingerprint density at radius 2 is 1.73 bits per heavy atom. The average Bonchev–Trinajstić information content (AvgIpc) is 2.62. The second-order valence-electron chi connectivity index (χ2n) is 7.85. The summed E-state index contributed by atoms with van der Waals surface area (Å²) in [4.78, 5) is 2.38. The highest BCUT2D eigenvalue weighted by Gasteiger charge is 2.35. The summed E-state index contributed by atoms with van der Waals surface area (Å²) in [7, 11) is 0. The molecule has 0 radical (unpaired) electrons. The Bertz CT molecular complexity index is 736. The Hall–Kier alpha value is -1.91. The van der Waals surface area contributed by atoms with Crippen LogP contribution in [0.5, 0.6) is 5.75 Å². The molecule has 1 heterocycles. The van der Waals surface area contributed by atoms with Crippen molar-refractivity contribution in [2.75, 3.05) is 19.7 Å². The molecule has 2 aromatic carbocycles. The summed E-state index contributed by atoms with van der Waals surface area (Å²) in [6.45, 7) is 6.62. The van der Waals surface area contributed by atoms with Crippen LogP contribution in [-0.2, 0) is 13.0 Å². The van der Waals surface area contributed by atoms with Crippen LogP contribution in [0.25, 0.3) is 0 Å². The summed E-state index contributed by atoms with van der Waals surface area (Å²) in [5, 5.41) is 20.1. The van der Waals surface area contributed by atoms with Crippen molar-refractivity contribution in [1.29, 1.82) is 0 Å². The predicted molar refractivity (Wildman–Crippen MR) is 102 cm³/mol. The lowest BCUT2D eigenvalue weighted by Crippen LogP contribution is -2.46. The number of phenols is 1. The maximum Gasteiger partial charge on any atom is 0.123 e. The van der Waals surface area contributed by atoms with Gasteiger partial charge in [-0.2, -0.15) is 0 Å². The molecule has 2 aromatic rings. The van der Waals surface area contributed by atoms with E-state index in [0.717, 1.165) is 55.6 Å². The van der Waals surface area contributed by atoms with E-state index in [1.54, 1.807) is 0 Å². The lowest BCUT2D eigenvalue weighted by atomic mass is 9.75. The molecular weight excluding hydrogens is 329 g/mol. The van der Waals surface area contributed by atoms with Crippen molar-refractivity contribution in [3.05, 3.63) is 64.5 Å². The van der Waals surface area contributed by atoms with Crippen LogP contribution in [0.3, 0.4) is 0 Å². The Labute approximate surface area is 155 Å². The Morgan fingerprint density at radius 3 is 2.35 bits per heavy atom. The summed E-state index contributed by atoms with van der Waals surface area (Å²) in [5.41, 5.74) is 3.87. The molecule has 0 spiro atoms. The van der Waals surface area contributed by atoms with E-state index in [1.807, 2.05) is 38.1 Å². The summed E-state index contributed by atoms with van der Waals surface area (Å²) < 4.78 is 13.2. The number of likely N-dealkylation sites (tertiary alicyclic amines) is 1. The number of aliphatic hydroxyl groups is 1. The molecule has 0 aromatic heterocycles. The van der Waals surface area contributed by atoms with Crippen LogP contribution in [-0.4, -0.2) is 34.8 Å². The largest absolute Gasteiger partial charge is 0.507 e. The minimum Gasteiger partial charge on any atom is -0.507 e. The molecule has 0 amide bonds. The van der Waals surface area contributed by atoms with E-state index in [2.05, 4.69) is 4.90 Å². The van der Waals surface area contributed by atoms with E-state index in [0.29, 0.717) is 5.75 Å². The third-order valence-corrected chi connectivity index (χ3v) is 5.53. The number of hydrogen-bond acceptors (Lipinski definition) is 3. The first-order valence-electron chi connectivity index (χ1n) is 9.27. The number of aromatic hydroxyl groups is 1. The number of phenolic OH excluding ortho intramolecular Hbond substituents is 1. The standard InChI is InChI=1S/C22H28FNO2/c1-16-10-19(11-17(2)21(16)26)13-24-9-3-8-22(14-24,15-25)12-18-4-6-20(23)7-5-18/h4-7,10-11,25-26H,3,8-9,12-15H2,1-2H3/t22-/m1/s1. The summed E-state index contributed by atoms with van der Waals surface area (Å²) >= 11 is 0. The van der Waals surface area contributed by atoms with Gasteiger partial charge in [-0.25, -0.2) is 4.39 Å². The van der Waals surface area contributed by atoms with Crippen molar-refractivity contribution in [2.45, 2.75) is 39.7 Å². The van der Waals surface area contributed by atoms with Crippen LogP contribution in [0, 0.1) is 25.1 Å². The van der Waals surface area contributed by atoms with Crippen molar-refractivity contribution in [1.82, 2.24) is 4.90 Å². The number of piperidine rings is 1. The van der Waals surface area contributed by atoms with E-state index < -0.39 is 0 Å². The molecule has 2 N–H and O–H groups in total. The summed E-state index contributed by atoms with van der Waals surface area (Å²) in [6, 6.07) is 10.7. The maximum atomic E-state index is 13.2. The number of aryl methyl sites for hydroxylation is 2. The first-order chi connectivity index (χ1) is 12.4. The van der Waals surface area contributed by atoms with Gasteiger partial charge in [0.25, 0.3) is 0 Å². The van der Waals surface area contributed by atoms with Crippen LogP contribution < -0.4 is 0 Å². The molecule has 3 nitrogen and oxygen atoms in total. The van der Waals surface area contributed by atoms with Crippen molar-refractivity contribution in [2.24, 2.45) is 5.41 Å². The molecule has 0 aliphatic carbocycles. The van der Waals surface area contributed by atoms with E-state index in [9.17, 15) is 14.6 Å². The van der Waals surface area contributed by atoms with Crippen molar-refractivity contribution in [3.8, 4) is 5.75 Å². The fourth-order valence-corrected chi connectivity index (χ4v) is 4.20. The molecular formula is C22H28FNO2. The number of nitrogens with zero attached hydrogens (tertiary/aromatic N) is 1. The minimum atomic E-state index is -0.227. The average molecular weight is 357 g/mol. The Balaban J connectivity index is 1.73. The molecule has 0 saturated carbocycles. The molecule has 1 fully saturated rings. The highest BCUT2D eigenvalue weighted by atomic mass is 19.1. The molecule has 3 rings (SSSR count). The molecule has 140 valence electrons. The topological polar surface area (TPSA) is 43.7 Å². The Morgan fingerprint density at radius 1 is 1.08 bits per heavy atom. The number of rotatable bonds is 5. The van der Waals surface area contributed by atoms with E-state index >= 15 is 0 Å². The smallest absolute Gasteiger partial charge is 0.123 e. The number of hydrogen-bond donors (Lipinski definition) is 2. The van der Waals surface area contributed by atoms with Crippen LogP contribution >= 0.6 is 0 Å². The first kappa shape index (κ1) is 18.9. The lowest BCUT2D eigenvalue weighted by Gasteiger charge is -2.42. The third-order valence-electron chi connectivity index (χ3n) is 5.53. The van der Waals surface area contributed by atoms with E-state index in [4.69, 9.17) is 0 Å². The quantitative estimate of drug-likeness (QED) is 0.851. The summed E-state index contributed by atoms with van der Waals surface area (Å²) in [5.74, 6) is 0.142. The number of aliphatic hydroxyl groups excluding tert-OH is 1. The van der Waals surface area contributed by atoms with Crippen LogP contribution in [0.15, 0.2) is 36.4 Å². The molecule has 0 unspecified atom stereocenters. The van der Waals surface area contributed by atoms with Gasteiger partial charge >= 0.3 is 0 Å². The molecule has 26 heavy (non-hydrogen) atoms. The van der Waals surface area contributed by atoms with E-state index in [-0.39, 0.29) is 17.8 Å². The van der Waals surface area contributed by atoms with Gasteiger partial charge in [-0.3, -0.25) is 4.90 Å². The highest BCUT2D eigenvalue weighted by Crippen LogP contribution is 2.34. The zero-order chi connectivity index (χ0) is 18.7. The zero-order valence-corrected chi connectivity index (χ0v) is 15.6. The predicted octanol–water partition coefficient (Wildman–Crippen LogP) is 3.97. The van der Waals surface area contributed by atoms with Gasteiger partial charge in [-0.1, -0.05) is 24.3 Å². The van der Waals surface area contributed by atoms with Crippen molar-refractivity contribution < 1.29 is 14.6 Å². The highest BCUT2D eigenvalue weighted by molar-refractivity contribution is 5.42. The molecule has 1 aliphatic heterocycles. The van der Waals surface area contributed by atoms with Gasteiger partial charge in [0.1, 0.15) is 11.6 Å². The second kappa shape index (κ2) is 7.77. The van der Waals surface area contributed by atoms with Gasteiger partial charge in [0.15, 0.2) is 0 Å². The number of halogens is 1. The molecule has 1 aliphatic rings. The van der Waals surface area contributed by atoms with Gasteiger partial charge < -0.3 is 10.2 Å². The Kier molecular flexibility index (Phi) is 5.64. The zero-order valence-electron chi connectivity index (χ0n) is 15.6. The van der Waals surface area contributed by atoms with Crippen molar-refractivity contribution >= 4 is 0 Å². The fraction of sp³-hybridized carbons (Fsp3) is 0.455. The lowest BCUT2D eigenvalue weighted by molar-refractivity contribution is 0.0288. The van der Waals surface area contributed by atoms with Gasteiger partial charge in [0.2, 0.25) is 0 Å². The molecule has 4 heteroatoms. The van der Waals surface area contributed by atoms with Crippen molar-refractivity contribution in [3.63, 3.8) is 0 Å². The van der Waals surface area contributed by atoms with Gasteiger partial charge in [0.05, 0.1) is 6.61 Å². The second-order valence-corrected chi connectivity index (χ2v) is 7.85. The normalized spacial score (nSPS) is 21.1. The third kappa shape index (κ3) is 4.25. The van der Waals surface area contributed by atoms with Gasteiger partial charge in [-0.05, 0) is 74.0 Å². The molecule has 1 saturated heterocycles. The molecule has 0 bridgehead atoms. The van der Waals surface area contributed by atoms with E-state index in [1.165, 1.54) is 17.7 Å². The van der Waals surface area contributed by atoms with Gasteiger partial charge in [-0.15, -0.1) is 0 Å².